The highest BCUT2D eigenvalue weighted by molar-refractivity contribution is 5.87. The van der Waals surface area contributed by atoms with Crippen LogP contribution in [0.1, 0.15) is 22.3 Å². The van der Waals surface area contributed by atoms with E-state index in [2.05, 4.69) is 54.7 Å². The van der Waals surface area contributed by atoms with Crippen LogP contribution in [0, 0.1) is 12.7 Å². The Bertz CT molecular complexity index is 1110. The van der Waals surface area contributed by atoms with E-state index in [1.54, 1.807) is 12.1 Å². The molecule has 2 N–H and O–H groups in total. The van der Waals surface area contributed by atoms with E-state index in [0.29, 0.717) is 5.56 Å². The monoisotopic (exact) mass is 386 g/mol. The van der Waals surface area contributed by atoms with Gasteiger partial charge < -0.3 is 10.1 Å². The molecule has 0 spiro atoms. The third kappa shape index (κ3) is 4.64. The molecule has 4 rings (SSSR count). The molecule has 0 radical (unpaired) electrons. The first kappa shape index (κ1) is 19.2. The predicted molar refractivity (Wildman–Crippen MR) is 115 cm³/mol. The second kappa shape index (κ2) is 8.89. The number of hydrogen-bond acceptors (Lipinski definition) is 1. The zero-order chi connectivity index (χ0) is 20.1. The number of benzene rings is 4. The highest BCUT2D eigenvalue weighted by Gasteiger charge is 2.12. The summed E-state index contributed by atoms with van der Waals surface area (Å²) in [6.07, 6.45) is 0. The normalized spacial score (nSPS) is 11.0. The van der Waals surface area contributed by atoms with E-state index in [1.807, 2.05) is 24.3 Å². The maximum Gasteiger partial charge on any atom is 0.129 e. The van der Waals surface area contributed by atoms with Gasteiger partial charge in [-0.25, -0.2) is 4.39 Å². The van der Waals surface area contributed by atoms with Crippen molar-refractivity contribution >= 4 is 10.8 Å². The van der Waals surface area contributed by atoms with Crippen LogP contribution in [0.4, 0.5) is 4.39 Å². The fourth-order valence-electron chi connectivity index (χ4n) is 3.54. The molecule has 0 saturated heterocycles. The number of quaternary nitrogens is 1. The molecule has 0 heterocycles. The van der Waals surface area contributed by atoms with Crippen molar-refractivity contribution in [2.45, 2.75) is 26.6 Å². The lowest BCUT2D eigenvalue weighted by Gasteiger charge is -2.14. The van der Waals surface area contributed by atoms with E-state index in [1.165, 1.54) is 28.0 Å². The Morgan fingerprint density at radius 1 is 0.793 bits per heavy atom. The van der Waals surface area contributed by atoms with Crippen molar-refractivity contribution in [2.75, 3.05) is 0 Å². The summed E-state index contributed by atoms with van der Waals surface area (Å²) in [5, 5.41) is 4.64. The first-order valence-electron chi connectivity index (χ1n) is 9.95. The highest BCUT2D eigenvalue weighted by Crippen LogP contribution is 2.28. The number of hydrogen-bond donors (Lipinski definition) is 1. The van der Waals surface area contributed by atoms with E-state index in [0.717, 1.165) is 24.4 Å². The van der Waals surface area contributed by atoms with Crippen molar-refractivity contribution in [3.05, 3.63) is 113 Å². The Balaban J connectivity index is 1.55. The van der Waals surface area contributed by atoms with Crippen molar-refractivity contribution in [1.29, 1.82) is 0 Å². The third-order valence-corrected chi connectivity index (χ3v) is 5.19. The lowest BCUT2D eigenvalue weighted by Crippen LogP contribution is -2.80. The molecule has 0 aliphatic heterocycles. The largest absolute Gasteiger partial charge is 0.488 e. The van der Waals surface area contributed by atoms with Crippen LogP contribution in [-0.2, 0) is 19.7 Å². The van der Waals surface area contributed by atoms with Gasteiger partial charge in [-0.1, -0.05) is 78.4 Å². The summed E-state index contributed by atoms with van der Waals surface area (Å²) in [7, 11) is 0. The zero-order valence-electron chi connectivity index (χ0n) is 16.6. The van der Waals surface area contributed by atoms with Crippen LogP contribution in [0.15, 0.2) is 84.9 Å². The summed E-state index contributed by atoms with van der Waals surface area (Å²) >= 11 is 0. The molecule has 0 unspecified atom stereocenters. The van der Waals surface area contributed by atoms with Gasteiger partial charge >= 0.3 is 0 Å². The van der Waals surface area contributed by atoms with Gasteiger partial charge in [0.05, 0.1) is 5.56 Å². The molecule has 29 heavy (non-hydrogen) atoms. The smallest absolute Gasteiger partial charge is 0.129 e. The highest BCUT2D eigenvalue weighted by atomic mass is 19.1. The van der Waals surface area contributed by atoms with Gasteiger partial charge in [0.25, 0.3) is 0 Å². The van der Waals surface area contributed by atoms with Crippen molar-refractivity contribution in [3.63, 3.8) is 0 Å². The SMILES string of the molecule is Cc1ccc(C[NH2+]Cc2c(OCc3ccccc3F)ccc3ccccc23)cc1. The Morgan fingerprint density at radius 3 is 2.38 bits per heavy atom. The zero-order valence-corrected chi connectivity index (χ0v) is 16.6. The summed E-state index contributed by atoms with van der Waals surface area (Å²) in [5.41, 5.74) is 4.28. The van der Waals surface area contributed by atoms with Gasteiger partial charge in [-0.05, 0) is 29.8 Å². The molecule has 0 fully saturated rings. The standard InChI is InChI=1S/C26H24FNO/c1-19-10-12-20(13-11-19)16-28-17-24-23-8-4-2-6-21(23)14-15-26(24)29-18-22-7-3-5-9-25(22)27/h2-15,28H,16-18H2,1H3/p+1. The molecule has 0 saturated carbocycles. The quantitative estimate of drug-likeness (QED) is 0.468. The van der Waals surface area contributed by atoms with Crippen LogP contribution < -0.4 is 10.1 Å². The summed E-state index contributed by atoms with van der Waals surface area (Å²) < 4.78 is 20.0. The van der Waals surface area contributed by atoms with Crippen molar-refractivity contribution in [3.8, 4) is 5.75 Å². The van der Waals surface area contributed by atoms with Gasteiger partial charge in [0.1, 0.15) is 31.3 Å². The van der Waals surface area contributed by atoms with Crippen LogP contribution in [-0.4, -0.2) is 0 Å². The maximum atomic E-state index is 14.0. The van der Waals surface area contributed by atoms with E-state index in [-0.39, 0.29) is 12.4 Å². The fraction of sp³-hybridized carbons (Fsp3) is 0.154. The van der Waals surface area contributed by atoms with Gasteiger partial charge in [-0.15, -0.1) is 0 Å². The fourth-order valence-corrected chi connectivity index (χ4v) is 3.54. The Labute approximate surface area is 171 Å². The molecule has 3 heteroatoms. The van der Waals surface area contributed by atoms with Gasteiger partial charge in [0, 0.05) is 11.1 Å². The third-order valence-electron chi connectivity index (χ3n) is 5.19. The number of halogens is 1. The van der Waals surface area contributed by atoms with Crippen LogP contribution in [0.2, 0.25) is 0 Å². The van der Waals surface area contributed by atoms with Crippen molar-refractivity contribution in [1.82, 2.24) is 0 Å². The molecule has 0 aromatic heterocycles. The lowest BCUT2D eigenvalue weighted by molar-refractivity contribution is -0.686. The molecule has 4 aromatic rings. The molecule has 2 nitrogen and oxygen atoms in total. The molecule has 0 aliphatic carbocycles. The summed E-state index contributed by atoms with van der Waals surface area (Å²) in [4.78, 5) is 0. The van der Waals surface area contributed by atoms with Crippen molar-refractivity contribution < 1.29 is 14.4 Å². The first-order chi connectivity index (χ1) is 14.2. The Kier molecular flexibility index (Phi) is 5.87. The second-order valence-corrected chi connectivity index (χ2v) is 7.33. The van der Waals surface area contributed by atoms with Crippen LogP contribution in [0.5, 0.6) is 5.75 Å². The Hall–Kier alpha value is -3.17. The second-order valence-electron chi connectivity index (χ2n) is 7.33. The van der Waals surface area contributed by atoms with E-state index in [9.17, 15) is 4.39 Å². The molecule has 0 atom stereocenters. The molecule has 146 valence electrons. The molecule has 0 amide bonds. The lowest BCUT2D eigenvalue weighted by atomic mass is 10.0. The van der Waals surface area contributed by atoms with Crippen molar-refractivity contribution in [2.24, 2.45) is 0 Å². The first-order valence-corrected chi connectivity index (χ1v) is 9.95. The molecular formula is C26H25FNO+. The summed E-state index contributed by atoms with van der Waals surface area (Å²) in [6.45, 7) is 4.01. The Morgan fingerprint density at radius 2 is 1.55 bits per heavy atom. The average Bonchev–Trinajstić information content (AvgIpc) is 2.75. The molecule has 0 bridgehead atoms. The van der Waals surface area contributed by atoms with E-state index < -0.39 is 0 Å². The van der Waals surface area contributed by atoms with Crippen LogP contribution in [0.3, 0.4) is 0 Å². The molecule has 0 aliphatic rings. The summed E-state index contributed by atoms with van der Waals surface area (Å²) in [5.74, 6) is 0.577. The predicted octanol–water partition coefficient (Wildman–Crippen LogP) is 5.13. The van der Waals surface area contributed by atoms with E-state index >= 15 is 0 Å². The van der Waals surface area contributed by atoms with E-state index in [4.69, 9.17) is 4.74 Å². The minimum atomic E-state index is -0.235. The van der Waals surface area contributed by atoms with Gasteiger partial charge in [0.15, 0.2) is 0 Å². The number of rotatable bonds is 7. The number of fused-ring (bicyclic) bond motifs is 1. The topological polar surface area (TPSA) is 25.8 Å². The van der Waals surface area contributed by atoms with Crippen LogP contribution >= 0.6 is 0 Å². The average molecular weight is 386 g/mol. The minimum absolute atomic E-state index is 0.218. The summed E-state index contributed by atoms with van der Waals surface area (Å²) in [6, 6.07) is 27.8. The number of ether oxygens (including phenoxy) is 1. The number of aryl methyl sites for hydroxylation is 1. The van der Waals surface area contributed by atoms with Gasteiger partial charge in [-0.3, -0.25) is 0 Å². The number of nitrogens with two attached hydrogens (primary N) is 1. The van der Waals surface area contributed by atoms with Gasteiger partial charge in [-0.2, -0.15) is 0 Å². The molecule has 4 aromatic carbocycles. The maximum absolute atomic E-state index is 14.0. The minimum Gasteiger partial charge on any atom is -0.488 e. The van der Waals surface area contributed by atoms with Crippen LogP contribution in [0.25, 0.3) is 10.8 Å². The van der Waals surface area contributed by atoms with Gasteiger partial charge in [0.2, 0.25) is 0 Å². The molecular weight excluding hydrogens is 361 g/mol.